The lowest BCUT2D eigenvalue weighted by molar-refractivity contribution is 0.0598. The van der Waals surface area contributed by atoms with Gasteiger partial charge >= 0.3 is 5.97 Å². The van der Waals surface area contributed by atoms with Gasteiger partial charge in [-0.25, -0.2) is 4.79 Å². The van der Waals surface area contributed by atoms with Crippen LogP contribution in [0.5, 0.6) is 11.5 Å². The van der Waals surface area contributed by atoms with Gasteiger partial charge in [-0.2, -0.15) is 0 Å². The highest BCUT2D eigenvalue weighted by atomic mass is 16.5. The number of aromatic nitrogens is 1. The third-order valence-corrected chi connectivity index (χ3v) is 3.89. The lowest BCUT2D eigenvalue weighted by atomic mass is 10.1. The molecule has 0 fully saturated rings. The molecule has 0 aliphatic heterocycles. The van der Waals surface area contributed by atoms with Crippen molar-refractivity contribution in [2.75, 3.05) is 19.0 Å². The number of fused-ring (bicyclic) bond motifs is 1. The third-order valence-electron chi connectivity index (χ3n) is 3.89. The van der Waals surface area contributed by atoms with Gasteiger partial charge < -0.3 is 25.3 Å². The van der Waals surface area contributed by atoms with Gasteiger partial charge in [-0.15, -0.1) is 0 Å². The number of hydrogen-bond donors (Lipinski definition) is 4. The molecule has 0 unspecified atom stereocenters. The molecule has 1 heterocycles. The van der Waals surface area contributed by atoms with Crippen LogP contribution in [0.15, 0.2) is 42.6 Å². The van der Waals surface area contributed by atoms with Crippen molar-refractivity contribution in [3.8, 4) is 11.5 Å². The zero-order valence-corrected chi connectivity index (χ0v) is 13.2. The van der Waals surface area contributed by atoms with Crippen molar-refractivity contribution in [2.24, 2.45) is 0 Å². The fourth-order valence-electron chi connectivity index (χ4n) is 2.71. The van der Waals surface area contributed by atoms with E-state index < -0.39 is 5.97 Å². The number of nitrogens with one attached hydrogen (secondary N) is 2. The Kier molecular flexibility index (Phi) is 4.29. The van der Waals surface area contributed by atoms with Crippen molar-refractivity contribution in [1.82, 2.24) is 4.98 Å². The lowest BCUT2D eigenvalue weighted by Gasteiger charge is -2.11. The minimum atomic E-state index is -0.590. The number of benzene rings is 2. The zero-order chi connectivity index (χ0) is 17.1. The van der Waals surface area contributed by atoms with Gasteiger partial charge in [0, 0.05) is 23.6 Å². The maximum Gasteiger partial charge on any atom is 0.343 e. The van der Waals surface area contributed by atoms with Crippen LogP contribution in [-0.4, -0.2) is 34.8 Å². The molecule has 0 saturated carbocycles. The molecule has 0 radical (unpaired) electrons. The van der Waals surface area contributed by atoms with Crippen molar-refractivity contribution < 1.29 is 19.7 Å². The van der Waals surface area contributed by atoms with Gasteiger partial charge in [0.05, 0.1) is 12.8 Å². The monoisotopic (exact) mass is 326 g/mol. The van der Waals surface area contributed by atoms with E-state index in [1.165, 1.54) is 13.2 Å². The number of hydrogen-bond acceptors (Lipinski definition) is 5. The molecule has 124 valence electrons. The number of carbonyl (C=O) groups is 1. The Morgan fingerprint density at radius 1 is 1.25 bits per heavy atom. The van der Waals surface area contributed by atoms with E-state index in [1.807, 2.05) is 12.3 Å². The molecule has 6 nitrogen and oxygen atoms in total. The van der Waals surface area contributed by atoms with Crippen LogP contribution in [0.25, 0.3) is 10.9 Å². The number of methoxy groups -OCH3 is 1. The minimum absolute atomic E-state index is 0.121. The van der Waals surface area contributed by atoms with E-state index in [4.69, 9.17) is 4.74 Å². The summed E-state index contributed by atoms with van der Waals surface area (Å²) in [6.45, 7) is 0.552. The first-order chi connectivity index (χ1) is 11.6. The fraction of sp³-hybridized carbons (Fsp3) is 0.167. The highest BCUT2D eigenvalue weighted by molar-refractivity contribution is 5.98. The molecular formula is C18H18N2O4. The minimum Gasteiger partial charge on any atom is -0.508 e. The first kappa shape index (κ1) is 15.7. The summed E-state index contributed by atoms with van der Waals surface area (Å²) < 4.78 is 4.71. The van der Waals surface area contributed by atoms with Gasteiger partial charge in [-0.1, -0.05) is 6.07 Å². The van der Waals surface area contributed by atoms with Crippen LogP contribution < -0.4 is 5.32 Å². The van der Waals surface area contributed by atoms with Crippen LogP contribution in [0.2, 0.25) is 0 Å². The highest BCUT2D eigenvalue weighted by Crippen LogP contribution is 2.27. The summed E-state index contributed by atoms with van der Waals surface area (Å²) in [5.74, 6) is -0.492. The molecule has 0 amide bonds. The van der Waals surface area contributed by atoms with Gasteiger partial charge in [-0.3, -0.25) is 0 Å². The van der Waals surface area contributed by atoms with Gasteiger partial charge in [0.1, 0.15) is 17.1 Å². The second-order valence-electron chi connectivity index (χ2n) is 5.41. The largest absolute Gasteiger partial charge is 0.508 e. The number of carbonyl (C=O) groups excluding carboxylic acids is 1. The molecule has 0 aliphatic carbocycles. The Balaban J connectivity index is 1.76. The van der Waals surface area contributed by atoms with Crippen molar-refractivity contribution in [2.45, 2.75) is 6.42 Å². The molecule has 24 heavy (non-hydrogen) atoms. The van der Waals surface area contributed by atoms with E-state index in [9.17, 15) is 15.0 Å². The second kappa shape index (κ2) is 6.54. The van der Waals surface area contributed by atoms with E-state index in [2.05, 4.69) is 10.3 Å². The Morgan fingerprint density at radius 3 is 2.88 bits per heavy atom. The smallest absolute Gasteiger partial charge is 0.343 e. The van der Waals surface area contributed by atoms with Gasteiger partial charge in [0.15, 0.2) is 0 Å². The second-order valence-corrected chi connectivity index (χ2v) is 5.41. The van der Waals surface area contributed by atoms with Gasteiger partial charge in [-0.05, 0) is 42.3 Å². The predicted molar refractivity (Wildman–Crippen MR) is 91.6 cm³/mol. The number of esters is 1. The lowest BCUT2D eigenvalue weighted by Crippen LogP contribution is -2.11. The van der Waals surface area contributed by atoms with E-state index in [0.717, 1.165) is 16.5 Å². The maximum atomic E-state index is 11.8. The topological polar surface area (TPSA) is 94.6 Å². The molecule has 4 N–H and O–H groups in total. The number of phenols is 2. The molecular weight excluding hydrogens is 308 g/mol. The van der Waals surface area contributed by atoms with E-state index in [0.29, 0.717) is 18.7 Å². The number of aromatic amines is 1. The van der Waals surface area contributed by atoms with Crippen LogP contribution in [0.3, 0.4) is 0 Å². The molecule has 0 aliphatic rings. The molecule has 0 bridgehead atoms. The molecule has 6 heteroatoms. The average Bonchev–Trinajstić information content (AvgIpc) is 2.97. The molecule has 3 rings (SSSR count). The zero-order valence-electron chi connectivity index (χ0n) is 13.2. The van der Waals surface area contributed by atoms with Crippen molar-refractivity contribution in [3.63, 3.8) is 0 Å². The molecule has 2 aromatic carbocycles. The quantitative estimate of drug-likeness (QED) is 0.541. The number of H-pyrrole nitrogens is 1. The normalized spacial score (nSPS) is 10.7. The number of phenolic OH excluding ortho intramolecular Hbond substituents is 2. The first-order valence-corrected chi connectivity index (χ1v) is 7.53. The van der Waals surface area contributed by atoms with Crippen LogP contribution in [0.1, 0.15) is 15.9 Å². The standard InChI is InChI=1S/C18H18N2O4/c1-24-18(23)17-15(3-2-4-16(17)22)19-8-7-11-10-20-14-6-5-12(21)9-13(11)14/h2-6,9-10,19-22H,7-8H2,1H3. The predicted octanol–water partition coefficient (Wildman–Crippen LogP) is 3.02. The summed E-state index contributed by atoms with van der Waals surface area (Å²) in [4.78, 5) is 15.0. The number of anilines is 1. The number of aromatic hydroxyl groups is 2. The van der Waals surface area contributed by atoms with Gasteiger partial charge in [0.2, 0.25) is 0 Å². The average molecular weight is 326 g/mol. The molecule has 0 saturated heterocycles. The Labute approximate surface area is 138 Å². The van der Waals surface area contributed by atoms with Crippen molar-refractivity contribution >= 4 is 22.6 Å². The van der Waals surface area contributed by atoms with Crippen LogP contribution in [-0.2, 0) is 11.2 Å². The number of ether oxygens (including phenoxy) is 1. The highest BCUT2D eigenvalue weighted by Gasteiger charge is 2.16. The summed E-state index contributed by atoms with van der Waals surface area (Å²) >= 11 is 0. The van der Waals surface area contributed by atoms with Crippen LogP contribution >= 0.6 is 0 Å². The summed E-state index contributed by atoms with van der Waals surface area (Å²) in [6, 6.07) is 10.00. The molecule has 0 atom stereocenters. The fourth-order valence-corrected chi connectivity index (χ4v) is 2.71. The van der Waals surface area contributed by atoms with Crippen molar-refractivity contribution in [1.29, 1.82) is 0 Å². The number of rotatable bonds is 5. The third kappa shape index (κ3) is 2.99. The van der Waals surface area contributed by atoms with Gasteiger partial charge in [0.25, 0.3) is 0 Å². The van der Waals surface area contributed by atoms with E-state index in [-0.39, 0.29) is 17.1 Å². The summed E-state index contributed by atoms with van der Waals surface area (Å²) in [6.07, 6.45) is 2.58. The maximum absolute atomic E-state index is 11.8. The SMILES string of the molecule is COC(=O)c1c(O)cccc1NCCc1c[nH]c2ccc(O)cc12. The van der Waals surface area contributed by atoms with E-state index in [1.54, 1.807) is 24.3 Å². The summed E-state index contributed by atoms with van der Waals surface area (Å²) in [5, 5.41) is 23.6. The molecule has 1 aromatic heterocycles. The Bertz CT molecular complexity index is 886. The first-order valence-electron chi connectivity index (χ1n) is 7.53. The van der Waals surface area contributed by atoms with E-state index >= 15 is 0 Å². The van der Waals surface area contributed by atoms with Crippen LogP contribution in [0.4, 0.5) is 5.69 Å². The molecule has 0 spiro atoms. The van der Waals surface area contributed by atoms with Crippen molar-refractivity contribution in [3.05, 3.63) is 53.7 Å². The summed E-state index contributed by atoms with van der Waals surface area (Å²) in [5.41, 5.74) is 2.64. The van der Waals surface area contributed by atoms with Crippen LogP contribution in [0, 0.1) is 0 Å². The summed E-state index contributed by atoms with van der Waals surface area (Å²) in [7, 11) is 1.27. The Hall–Kier alpha value is -3.15. The Morgan fingerprint density at radius 2 is 2.08 bits per heavy atom. The molecule has 3 aromatic rings.